The van der Waals surface area contributed by atoms with Gasteiger partial charge in [0.05, 0.1) is 0 Å². The highest BCUT2D eigenvalue weighted by atomic mass is 16.5. The van der Waals surface area contributed by atoms with Gasteiger partial charge in [0.1, 0.15) is 11.5 Å². The number of ether oxygens (including phenoxy) is 1. The monoisotopic (exact) mass is 249 g/mol. The largest absolute Gasteiger partial charge is 0.508 e. The SMILES string of the molecule is CC(Oc1ccc(O)cc1)C(=O)N1CCCCC1. The third-order valence-electron chi connectivity index (χ3n) is 3.17. The number of hydrogen-bond donors (Lipinski definition) is 1. The second-order valence-electron chi connectivity index (χ2n) is 4.64. The van der Waals surface area contributed by atoms with Gasteiger partial charge < -0.3 is 14.7 Å². The molecule has 1 aromatic carbocycles. The average molecular weight is 249 g/mol. The van der Waals surface area contributed by atoms with Crippen molar-refractivity contribution in [3.8, 4) is 11.5 Å². The normalized spacial score (nSPS) is 17.3. The van der Waals surface area contributed by atoms with Crippen molar-refractivity contribution >= 4 is 5.91 Å². The number of nitrogens with zero attached hydrogens (tertiary/aromatic N) is 1. The molecule has 98 valence electrons. The van der Waals surface area contributed by atoms with E-state index in [1.54, 1.807) is 31.2 Å². The smallest absolute Gasteiger partial charge is 0.263 e. The molecule has 4 nitrogen and oxygen atoms in total. The first kappa shape index (κ1) is 12.7. The van der Waals surface area contributed by atoms with Gasteiger partial charge in [0.15, 0.2) is 6.10 Å². The third-order valence-corrected chi connectivity index (χ3v) is 3.17. The molecule has 18 heavy (non-hydrogen) atoms. The highest BCUT2D eigenvalue weighted by Gasteiger charge is 2.23. The number of carbonyl (C=O) groups is 1. The molecular formula is C14H19NO3. The first-order valence-electron chi connectivity index (χ1n) is 6.41. The van der Waals surface area contributed by atoms with Crippen LogP contribution in [0.15, 0.2) is 24.3 Å². The molecule has 0 saturated carbocycles. The van der Waals surface area contributed by atoms with Crippen LogP contribution < -0.4 is 4.74 Å². The lowest BCUT2D eigenvalue weighted by Gasteiger charge is -2.29. The second-order valence-corrected chi connectivity index (χ2v) is 4.64. The minimum atomic E-state index is -0.479. The van der Waals surface area contributed by atoms with Gasteiger partial charge in [-0.05, 0) is 50.5 Å². The molecule has 1 atom stereocenters. The molecule has 1 fully saturated rings. The molecule has 2 rings (SSSR count). The Bertz CT molecular complexity index is 396. The third kappa shape index (κ3) is 3.15. The van der Waals surface area contributed by atoms with E-state index in [1.165, 1.54) is 6.42 Å². The van der Waals surface area contributed by atoms with Crippen LogP contribution in [-0.2, 0) is 4.79 Å². The van der Waals surface area contributed by atoms with Gasteiger partial charge in [-0.15, -0.1) is 0 Å². The lowest BCUT2D eigenvalue weighted by Crippen LogP contribution is -2.43. The fourth-order valence-corrected chi connectivity index (χ4v) is 2.15. The maximum absolute atomic E-state index is 12.1. The molecular weight excluding hydrogens is 230 g/mol. The number of likely N-dealkylation sites (tertiary alicyclic amines) is 1. The van der Waals surface area contributed by atoms with E-state index in [9.17, 15) is 9.90 Å². The Kier molecular flexibility index (Phi) is 4.07. The Morgan fingerprint density at radius 2 is 1.83 bits per heavy atom. The predicted molar refractivity (Wildman–Crippen MR) is 68.6 cm³/mol. The maximum atomic E-state index is 12.1. The summed E-state index contributed by atoms with van der Waals surface area (Å²) < 4.78 is 5.58. The van der Waals surface area contributed by atoms with Crippen LogP contribution in [-0.4, -0.2) is 35.1 Å². The van der Waals surface area contributed by atoms with E-state index in [4.69, 9.17) is 4.74 Å². The van der Waals surface area contributed by atoms with Crippen molar-refractivity contribution in [1.82, 2.24) is 4.90 Å². The van der Waals surface area contributed by atoms with E-state index in [0.29, 0.717) is 5.75 Å². The number of amides is 1. The zero-order chi connectivity index (χ0) is 13.0. The van der Waals surface area contributed by atoms with Crippen molar-refractivity contribution in [2.24, 2.45) is 0 Å². The zero-order valence-corrected chi connectivity index (χ0v) is 10.6. The zero-order valence-electron chi connectivity index (χ0n) is 10.6. The molecule has 0 radical (unpaired) electrons. The maximum Gasteiger partial charge on any atom is 0.263 e. The molecule has 0 bridgehead atoms. The number of rotatable bonds is 3. The van der Waals surface area contributed by atoms with Crippen molar-refractivity contribution < 1.29 is 14.6 Å². The summed E-state index contributed by atoms with van der Waals surface area (Å²) in [5, 5.41) is 9.17. The van der Waals surface area contributed by atoms with Crippen molar-refractivity contribution in [1.29, 1.82) is 0 Å². The summed E-state index contributed by atoms with van der Waals surface area (Å²) in [7, 11) is 0. The fraction of sp³-hybridized carbons (Fsp3) is 0.500. The first-order valence-corrected chi connectivity index (χ1v) is 6.41. The summed E-state index contributed by atoms with van der Waals surface area (Å²) in [4.78, 5) is 14.0. The van der Waals surface area contributed by atoms with E-state index in [-0.39, 0.29) is 11.7 Å². The average Bonchev–Trinajstić information content (AvgIpc) is 2.41. The van der Waals surface area contributed by atoms with E-state index >= 15 is 0 Å². The van der Waals surface area contributed by atoms with Crippen LogP contribution in [0.3, 0.4) is 0 Å². The quantitative estimate of drug-likeness (QED) is 0.893. The molecule has 1 heterocycles. The van der Waals surface area contributed by atoms with Gasteiger partial charge in [0.2, 0.25) is 0 Å². The van der Waals surface area contributed by atoms with Crippen molar-refractivity contribution in [3.05, 3.63) is 24.3 Å². The van der Waals surface area contributed by atoms with Crippen molar-refractivity contribution in [2.45, 2.75) is 32.3 Å². The lowest BCUT2D eigenvalue weighted by molar-refractivity contribution is -0.138. The Morgan fingerprint density at radius 1 is 1.22 bits per heavy atom. The van der Waals surface area contributed by atoms with Crippen molar-refractivity contribution in [3.63, 3.8) is 0 Å². The first-order chi connectivity index (χ1) is 8.66. The highest BCUT2D eigenvalue weighted by Crippen LogP contribution is 2.18. The molecule has 1 N–H and O–H groups in total. The number of piperidine rings is 1. The van der Waals surface area contributed by atoms with E-state index in [1.807, 2.05) is 4.90 Å². The molecule has 0 aliphatic carbocycles. The minimum absolute atomic E-state index is 0.0442. The number of phenolic OH excluding ortho intramolecular Hbond substituents is 1. The van der Waals surface area contributed by atoms with Gasteiger partial charge in [-0.25, -0.2) is 0 Å². The van der Waals surface area contributed by atoms with Crippen LogP contribution in [0.25, 0.3) is 0 Å². The van der Waals surface area contributed by atoms with Gasteiger partial charge in [-0.1, -0.05) is 0 Å². The number of carbonyl (C=O) groups excluding carboxylic acids is 1. The molecule has 0 spiro atoms. The van der Waals surface area contributed by atoms with Gasteiger partial charge in [-0.3, -0.25) is 4.79 Å². The number of phenols is 1. The number of hydrogen-bond acceptors (Lipinski definition) is 3. The minimum Gasteiger partial charge on any atom is -0.508 e. The van der Waals surface area contributed by atoms with Gasteiger partial charge >= 0.3 is 0 Å². The molecule has 4 heteroatoms. The molecule has 0 aromatic heterocycles. The summed E-state index contributed by atoms with van der Waals surface area (Å²) in [6.07, 6.45) is 2.89. The van der Waals surface area contributed by atoms with Gasteiger partial charge in [0.25, 0.3) is 5.91 Å². The number of benzene rings is 1. The second kappa shape index (κ2) is 5.76. The number of aromatic hydroxyl groups is 1. The Morgan fingerprint density at radius 3 is 2.44 bits per heavy atom. The Hall–Kier alpha value is -1.71. The summed E-state index contributed by atoms with van der Waals surface area (Å²) in [5.41, 5.74) is 0. The van der Waals surface area contributed by atoms with E-state index in [0.717, 1.165) is 25.9 Å². The van der Waals surface area contributed by atoms with Crippen LogP contribution in [0.5, 0.6) is 11.5 Å². The summed E-state index contributed by atoms with van der Waals surface area (Å²) in [5.74, 6) is 0.839. The van der Waals surface area contributed by atoms with Crippen LogP contribution in [0.1, 0.15) is 26.2 Å². The van der Waals surface area contributed by atoms with E-state index in [2.05, 4.69) is 0 Å². The molecule has 1 aliphatic rings. The summed E-state index contributed by atoms with van der Waals surface area (Å²) in [6, 6.07) is 6.42. The molecule has 1 unspecified atom stereocenters. The fourth-order valence-electron chi connectivity index (χ4n) is 2.15. The van der Waals surface area contributed by atoms with Crippen LogP contribution in [0.4, 0.5) is 0 Å². The topological polar surface area (TPSA) is 49.8 Å². The van der Waals surface area contributed by atoms with E-state index < -0.39 is 6.10 Å². The Balaban J connectivity index is 1.92. The highest BCUT2D eigenvalue weighted by molar-refractivity contribution is 5.81. The standard InChI is InChI=1S/C14H19NO3/c1-11(14(17)15-9-3-2-4-10-15)18-13-7-5-12(16)6-8-13/h5-8,11,16H,2-4,9-10H2,1H3. The van der Waals surface area contributed by atoms with Crippen LogP contribution >= 0.6 is 0 Å². The molecule has 1 amide bonds. The van der Waals surface area contributed by atoms with Crippen LogP contribution in [0.2, 0.25) is 0 Å². The van der Waals surface area contributed by atoms with Crippen LogP contribution in [0, 0.1) is 0 Å². The van der Waals surface area contributed by atoms with Gasteiger partial charge in [0, 0.05) is 13.1 Å². The lowest BCUT2D eigenvalue weighted by atomic mass is 10.1. The summed E-state index contributed by atoms with van der Waals surface area (Å²) >= 11 is 0. The predicted octanol–water partition coefficient (Wildman–Crippen LogP) is 2.17. The molecule has 1 aliphatic heterocycles. The molecule has 1 aromatic rings. The molecule has 1 saturated heterocycles. The van der Waals surface area contributed by atoms with Crippen molar-refractivity contribution in [2.75, 3.05) is 13.1 Å². The van der Waals surface area contributed by atoms with Gasteiger partial charge in [-0.2, -0.15) is 0 Å². The summed E-state index contributed by atoms with van der Waals surface area (Å²) in [6.45, 7) is 3.44. The Labute approximate surface area is 107 Å².